The minimum atomic E-state index is 0.216. The lowest BCUT2D eigenvalue weighted by Gasteiger charge is -2.61. The smallest absolute Gasteiger partial charge is 0.224 e. The number of carbonyl (C=O) groups is 1. The molecule has 146 valence electrons. The van der Waals surface area contributed by atoms with E-state index in [0.29, 0.717) is 10.8 Å². The zero-order valence-corrected chi connectivity index (χ0v) is 17.1. The number of anilines is 2. The number of nitrogens with zero attached hydrogens (tertiary/aromatic N) is 1. The molecule has 4 saturated carbocycles. The van der Waals surface area contributed by atoms with Gasteiger partial charge in [0.1, 0.15) is 0 Å². The Hall–Kier alpha value is -1.51. The molecule has 4 aliphatic carbocycles. The van der Waals surface area contributed by atoms with Crippen molar-refractivity contribution in [3.63, 3.8) is 0 Å². The Balaban J connectivity index is 1.25. The first-order valence-corrected chi connectivity index (χ1v) is 11.1. The van der Waals surface area contributed by atoms with Crippen molar-refractivity contribution < 1.29 is 4.79 Å². The maximum absolute atomic E-state index is 12.6. The maximum Gasteiger partial charge on any atom is 0.224 e. The summed E-state index contributed by atoms with van der Waals surface area (Å²) in [4.78, 5) is 15.1. The second kappa shape index (κ2) is 6.25. The minimum absolute atomic E-state index is 0.216. The average Bonchev–Trinajstić information content (AvgIpc) is 3.02. The van der Waals surface area contributed by atoms with Crippen molar-refractivity contribution in [3.8, 4) is 0 Å². The van der Waals surface area contributed by atoms with Crippen LogP contribution in [-0.4, -0.2) is 19.0 Å². The highest BCUT2D eigenvalue weighted by atomic mass is 16.1. The molecule has 1 aliphatic heterocycles. The van der Waals surface area contributed by atoms with Crippen LogP contribution in [-0.2, 0) is 4.79 Å². The Bertz CT molecular complexity index is 712. The highest BCUT2D eigenvalue weighted by Crippen LogP contribution is 2.66. The van der Waals surface area contributed by atoms with E-state index in [-0.39, 0.29) is 5.91 Å². The van der Waals surface area contributed by atoms with Crippen molar-refractivity contribution in [3.05, 3.63) is 23.3 Å². The monoisotopic (exact) mass is 366 g/mol. The van der Waals surface area contributed by atoms with Gasteiger partial charge in [-0.15, -0.1) is 0 Å². The summed E-state index contributed by atoms with van der Waals surface area (Å²) in [5.74, 6) is 1.15. The molecule has 5 fully saturated rings. The zero-order valence-electron chi connectivity index (χ0n) is 17.1. The van der Waals surface area contributed by atoms with Gasteiger partial charge in [-0.2, -0.15) is 0 Å². The van der Waals surface area contributed by atoms with Crippen LogP contribution in [0.5, 0.6) is 0 Å². The Morgan fingerprint density at radius 2 is 1.63 bits per heavy atom. The fraction of sp³-hybridized carbons (Fsp3) is 0.708. The SMILES string of the molecule is Cc1cc(N2CCC3(CCCC3)CC2)cc(C)c1NC(=O)CC12CC(C1)C2. The van der Waals surface area contributed by atoms with Gasteiger partial charge < -0.3 is 10.2 Å². The zero-order chi connectivity index (χ0) is 18.6. The minimum Gasteiger partial charge on any atom is -0.371 e. The molecule has 1 N–H and O–H groups in total. The summed E-state index contributed by atoms with van der Waals surface area (Å²) in [7, 11) is 0. The lowest BCUT2D eigenvalue weighted by molar-refractivity contribution is -0.139. The molecule has 0 aromatic heterocycles. The molecule has 6 rings (SSSR count). The summed E-state index contributed by atoms with van der Waals surface area (Å²) in [5, 5.41) is 3.24. The average molecular weight is 367 g/mol. The fourth-order valence-electron chi connectivity index (χ4n) is 6.58. The van der Waals surface area contributed by atoms with Crippen LogP contribution < -0.4 is 10.2 Å². The Morgan fingerprint density at radius 1 is 1.04 bits per heavy atom. The van der Waals surface area contributed by atoms with E-state index in [1.807, 2.05) is 0 Å². The van der Waals surface area contributed by atoms with Gasteiger partial charge in [-0.05, 0) is 98.8 Å². The molecule has 0 radical (unpaired) electrons. The first-order chi connectivity index (χ1) is 13.0. The van der Waals surface area contributed by atoms with Gasteiger partial charge >= 0.3 is 0 Å². The number of hydrogen-bond acceptors (Lipinski definition) is 2. The summed E-state index contributed by atoms with van der Waals surface area (Å²) in [6.07, 6.45) is 13.1. The van der Waals surface area contributed by atoms with Crippen molar-refractivity contribution in [1.29, 1.82) is 0 Å². The molecule has 1 aromatic carbocycles. The predicted octanol–water partition coefficient (Wildman–Crippen LogP) is 5.59. The summed E-state index contributed by atoms with van der Waals surface area (Å²) < 4.78 is 0. The van der Waals surface area contributed by atoms with Crippen LogP contribution in [0, 0.1) is 30.6 Å². The molecular formula is C24H34N2O. The van der Waals surface area contributed by atoms with Crippen molar-refractivity contribution in [2.75, 3.05) is 23.3 Å². The fourth-order valence-corrected chi connectivity index (χ4v) is 6.58. The first kappa shape index (κ1) is 17.6. The highest BCUT2D eigenvalue weighted by Gasteiger charge is 2.56. The number of nitrogens with one attached hydrogen (secondary N) is 1. The topological polar surface area (TPSA) is 32.3 Å². The second-order valence-electron chi connectivity index (χ2n) is 10.4. The number of aryl methyl sites for hydroxylation is 2. The van der Waals surface area contributed by atoms with Crippen LogP contribution in [0.3, 0.4) is 0 Å². The molecule has 2 bridgehead atoms. The third kappa shape index (κ3) is 3.07. The maximum atomic E-state index is 12.6. The van der Waals surface area contributed by atoms with Crippen molar-refractivity contribution >= 4 is 17.3 Å². The third-order valence-corrected chi connectivity index (χ3v) is 8.34. The van der Waals surface area contributed by atoms with E-state index in [9.17, 15) is 4.79 Å². The summed E-state index contributed by atoms with van der Waals surface area (Å²) >= 11 is 0. The summed E-state index contributed by atoms with van der Waals surface area (Å²) in [6.45, 7) is 6.67. The van der Waals surface area contributed by atoms with Gasteiger partial charge in [0.2, 0.25) is 5.91 Å². The van der Waals surface area contributed by atoms with E-state index in [1.165, 1.54) is 87.7 Å². The van der Waals surface area contributed by atoms with E-state index in [2.05, 4.69) is 36.2 Å². The number of benzene rings is 1. The normalized spacial score (nSPS) is 30.7. The highest BCUT2D eigenvalue weighted by molar-refractivity contribution is 5.93. The Labute approximate surface area is 163 Å². The number of piperidine rings is 1. The molecule has 1 aromatic rings. The quantitative estimate of drug-likeness (QED) is 0.753. The molecule has 27 heavy (non-hydrogen) atoms. The number of carbonyl (C=O) groups excluding carboxylic acids is 1. The lowest BCUT2D eigenvalue weighted by atomic mass is 9.43. The van der Waals surface area contributed by atoms with E-state index >= 15 is 0 Å². The number of rotatable bonds is 4. The van der Waals surface area contributed by atoms with Gasteiger partial charge in [0.15, 0.2) is 0 Å². The lowest BCUT2D eigenvalue weighted by Crippen LogP contribution is -2.53. The van der Waals surface area contributed by atoms with Gasteiger partial charge in [-0.1, -0.05) is 12.8 Å². The van der Waals surface area contributed by atoms with Crippen LogP contribution in [0.25, 0.3) is 0 Å². The molecule has 3 heteroatoms. The van der Waals surface area contributed by atoms with Crippen LogP contribution in [0.15, 0.2) is 12.1 Å². The van der Waals surface area contributed by atoms with Crippen LogP contribution >= 0.6 is 0 Å². The van der Waals surface area contributed by atoms with Crippen molar-refractivity contribution in [2.45, 2.75) is 78.1 Å². The van der Waals surface area contributed by atoms with E-state index < -0.39 is 0 Å². The molecule has 1 saturated heterocycles. The predicted molar refractivity (Wildman–Crippen MR) is 111 cm³/mol. The largest absolute Gasteiger partial charge is 0.371 e. The van der Waals surface area contributed by atoms with Crippen molar-refractivity contribution in [2.24, 2.45) is 16.7 Å². The van der Waals surface area contributed by atoms with Gasteiger partial charge in [0.05, 0.1) is 0 Å². The molecule has 5 aliphatic rings. The van der Waals surface area contributed by atoms with E-state index in [0.717, 1.165) is 18.0 Å². The molecule has 1 spiro atoms. The number of hydrogen-bond donors (Lipinski definition) is 1. The van der Waals surface area contributed by atoms with Crippen LogP contribution in [0.1, 0.15) is 75.3 Å². The first-order valence-electron chi connectivity index (χ1n) is 11.1. The second-order valence-corrected chi connectivity index (χ2v) is 10.4. The molecule has 3 nitrogen and oxygen atoms in total. The molecule has 1 amide bonds. The van der Waals surface area contributed by atoms with Gasteiger partial charge in [-0.3, -0.25) is 4.79 Å². The van der Waals surface area contributed by atoms with E-state index in [1.54, 1.807) is 0 Å². The van der Waals surface area contributed by atoms with E-state index in [4.69, 9.17) is 0 Å². The van der Waals surface area contributed by atoms with Gasteiger partial charge in [0.25, 0.3) is 0 Å². The van der Waals surface area contributed by atoms with Gasteiger partial charge in [-0.25, -0.2) is 0 Å². The van der Waals surface area contributed by atoms with Gasteiger partial charge in [0, 0.05) is 30.9 Å². The van der Waals surface area contributed by atoms with Crippen LogP contribution in [0.2, 0.25) is 0 Å². The molecular weight excluding hydrogens is 332 g/mol. The standard InChI is InChI=1S/C24H34N2O/c1-17-11-20(26-9-7-23(8-10-26)5-3-4-6-23)12-18(2)22(17)25-21(27)16-24-13-19(14-24)15-24/h11-12,19H,3-10,13-16H2,1-2H3,(H,25,27). The number of amides is 1. The Morgan fingerprint density at radius 3 is 2.15 bits per heavy atom. The third-order valence-electron chi connectivity index (χ3n) is 8.34. The summed E-state index contributed by atoms with van der Waals surface area (Å²) in [6, 6.07) is 4.58. The molecule has 1 heterocycles. The Kier molecular flexibility index (Phi) is 4.07. The summed E-state index contributed by atoms with van der Waals surface area (Å²) in [5.41, 5.74) is 5.83. The molecule has 0 unspecified atom stereocenters. The van der Waals surface area contributed by atoms with Crippen molar-refractivity contribution in [1.82, 2.24) is 0 Å². The molecule has 0 atom stereocenters. The van der Waals surface area contributed by atoms with Crippen LogP contribution in [0.4, 0.5) is 11.4 Å².